The van der Waals surface area contributed by atoms with Crippen LogP contribution in [0.3, 0.4) is 0 Å². The van der Waals surface area contributed by atoms with E-state index in [1.165, 1.54) is 12.1 Å². The van der Waals surface area contributed by atoms with Crippen LogP contribution in [0.5, 0.6) is 40.2 Å². The van der Waals surface area contributed by atoms with E-state index in [9.17, 15) is 39.3 Å². The SMILES string of the molecule is C#Cc1ccc(C)cc1Oc1ccc(Oc2c(F)c(F)c(-c3c(F)c(F)c(Oc4ccc(C(c5ccc(OC)cc5)(C(F)(F)F)C(F)(F)F)cc4)c(F)c3F)c(F)c2F)c(S(=O)(=O)O)c1. The zero-order chi connectivity index (χ0) is 48.1. The summed E-state index contributed by atoms with van der Waals surface area (Å²) in [6.45, 7) is 1.64. The molecule has 6 aromatic carbocycles. The van der Waals surface area contributed by atoms with Crippen molar-refractivity contribution in [2.75, 3.05) is 7.11 Å². The van der Waals surface area contributed by atoms with E-state index in [1.54, 1.807) is 13.0 Å². The third kappa shape index (κ3) is 8.44. The summed E-state index contributed by atoms with van der Waals surface area (Å²) < 4.78 is 265. The molecule has 0 aromatic heterocycles. The Morgan fingerprint density at radius 1 is 0.538 bits per heavy atom. The van der Waals surface area contributed by atoms with E-state index in [1.807, 2.05) is 0 Å². The van der Waals surface area contributed by atoms with Crippen molar-refractivity contribution in [3.63, 3.8) is 0 Å². The van der Waals surface area contributed by atoms with Crippen LogP contribution in [0.25, 0.3) is 11.1 Å². The van der Waals surface area contributed by atoms with Crippen molar-refractivity contribution in [2.24, 2.45) is 0 Å². The zero-order valence-corrected chi connectivity index (χ0v) is 33.1. The molecular weight excluding hydrogens is 927 g/mol. The molecule has 65 heavy (non-hydrogen) atoms. The van der Waals surface area contributed by atoms with Gasteiger partial charge in [-0.15, -0.1) is 6.42 Å². The van der Waals surface area contributed by atoms with Crippen LogP contribution in [0.1, 0.15) is 22.3 Å². The first-order chi connectivity index (χ1) is 30.3. The number of aryl methyl sites for hydroxylation is 1. The first-order valence-electron chi connectivity index (χ1n) is 17.6. The molecule has 0 spiro atoms. The second kappa shape index (κ2) is 17.2. The van der Waals surface area contributed by atoms with Crippen LogP contribution < -0.4 is 18.9 Å². The predicted octanol–water partition coefficient (Wildman–Crippen LogP) is 12.8. The van der Waals surface area contributed by atoms with Gasteiger partial charge in [-0.25, -0.2) is 17.6 Å². The van der Waals surface area contributed by atoms with Gasteiger partial charge in [-0.05, 0) is 72.1 Å². The van der Waals surface area contributed by atoms with Gasteiger partial charge in [0.1, 0.15) is 33.6 Å². The first-order valence-corrected chi connectivity index (χ1v) is 19.1. The number of hydrogen-bond acceptors (Lipinski definition) is 6. The molecule has 0 bridgehead atoms. The number of benzene rings is 6. The van der Waals surface area contributed by atoms with Crippen LogP contribution in [0, 0.1) is 65.8 Å². The fourth-order valence-electron chi connectivity index (χ4n) is 6.46. The van der Waals surface area contributed by atoms with E-state index < -0.39 is 130 Å². The number of hydrogen-bond donors (Lipinski definition) is 1. The molecule has 6 rings (SSSR count). The van der Waals surface area contributed by atoms with Crippen LogP contribution in [-0.4, -0.2) is 32.4 Å². The van der Waals surface area contributed by atoms with Gasteiger partial charge in [-0.3, -0.25) is 4.55 Å². The fraction of sp³-hybridized carbons (Fsp3) is 0.116. The maximum atomic E-state index is 15.5. The summed E-state index contributed by atoms with van der Waals surface area (Å²) >= 11 is 0. The van der Waals surface area contributed by atoms with E-state index in [0.29, 0.717) is 42.0 Å². The van der Waals surface area contributed by atoms with Crippen LogP contribution in [-0.2, 0) is 15.5 Å². The maximum Gasteiger partial charge on any atom is 0.411 e. The number of rotatable bonds is 11. The average molecular weight is 949 g/mol. The first kappa shape index (κ1) is 47.5. The Labute approximate surface area is 357 Å². The molecule has 0 amide bonds. The summed E-state index contributed by atoms with van der Waals surface area (Å²) in [4.78, 5) is -1.32. The standard InChI is InChI=1S/C43H22F14O7S/c1-4-20-6-5-19(2)17-27(20)62-25-15-16-26(28(18-25)65(58,59)60)64-40-37(50)33(46)30(34(47)38(40)51)29-31(44)35(48)39(36(49)32(29)45)63-24-13-9-22(10-14-24)41(42(52,53)54,43(55,56)57)21-7-11-23(61-3)12-8-21/h1,5-18H,2-3H3,(H,58,59,60). The minimum Gasteiger partial charge on any atom is -0.497 e. The normalized spacial score (nSPS) is 12.2. The van der Waals surface area contributed by atoms with Crippen molar-refractivity contribution < 1.29 is 93.4 Å². The number of halogens is 14. The summed E-state index contributed by atoms with van der Waals surface area (Å²) in [5.41, 5.74) is -11.7. The van der Waals surface area contributed by atoms with Gasteiger partial charge in [0, 0.05) is 6.07 Å². The van der Waals surface area contributed by atoms with Crippen molar-refractivity contribution in [1.29, 1.82) is 0 Å². The Balaban J connectivity index is 1.37. The number of terminal acetylenes is 1. The molecule has 0 unspecified atom stereocenters. The minimum atomic E-state index is -6.10. The molecule has 6 aromatic rings. The summed E-state index contributed by atoms with van der Waals surface area (Å²) in [6.07, 6.45) is -6.77. The molecule has 0 atom stereocenters. The lowest BCUT2D eigenvalue weighted by Gasteiger charge is -2.38. The van der Waals surface area contributed by atoms with Gasteiger partial charge in [0.05, 0.1) is 23.8 Å². The summed E-state index contributed by atoms with van der Waals surface area (Å²) in [5, 5.41) is 0. The lowest BCUT2D eigenvalue weighted by molar-refractivity contribution is -0.288. The summed E-state index contributed by atoms with van der Waals surface area (Å²) in [6, 6.07) is 10.00. The van der Waals surface area contributed by atoms with Crippen molar-refractivity contribution in [1.82, 2.24) is 0 Å². The lowest BCUT2D eigenvalue weighted by Crippen LogP contribution is -2.54. The quantitative estimate of drug-likeness (QED) is 0.0599. The van der Waals surface area contributed by atoms with Gasteiger partial charge in [-0.2, -0.15) is 52.3 Å². The highest BCUT2D eigenvalue weighted by Crippen LogP contribution is 2.56. The molecular formula is C43H22F14O7S. The van der Waals surface area contributed by atoms with Gasteiger partial charge in [0.15, 0.2) is 23.3 Å². The van der Waals surface area contributed by atoms with E-state index in [0.717, 1.165) is 25.3 Å². The minimum absolute atomic E-state index is 0.00793. The number of alkyl halides is 6. The van der Waals surface area contributed by atoms with E-state index in [4.69, 9.17) is 25.4 Å². The monoisotopic (exact) mass is 948 g/mol. The molecule has 0 heterocycles. The van der Waals surface area contributed by atoms with E-state index in [2.05, 4.69) is 5.92 Å². The Bertz CT molecular complexity index is 2930. The smallest absolute Gasteiger partial charge is 0.411 e. The molecule has 0 saturated heterocycles. The Morgan fingerprint density at radius 3 is 1.38 bits per heavy atom. The Morgan fingerprint density at radius 2 is 0.969 bits per heavy atom. The molecule has 0 aliphatic heterocycles. The van der Waals surface area contributed by atoms with Gasteiger partial charge >= 0.3 is 12.4 Å². The van der Waals surface area contributed by atoms with Gasteiger partial charge < -0.3 is 18.9 Å². The fourth-order valence-corrected chi connectivity index (χ4v) is 7.09. The summed E-state index contributed by atoms with van der Waals surface area (Å²) in [5.74, 6) is -26.7. The van der Waals surface area contributed by atoms with Crippen molar-refractivity contribution in [2.45, 2.75) is 29.6 Å². The van der Waals surface area contributed by atoms with Gasteiger partial charge in [0.25, 0.3) is 10.1 Å². The number of methoxy groups -OCH3 is 1. The Kier molecular flexibility index (Phi) is 12.6. The van der Waals surface area contributed by atoms with Crippen molar-refractivity contribution in [3.8, 4) is 63.7 Å². The highest BCUT2D eigenvalue weighted by atomic mass is 32.2. The van der Waals surface area contributed by atoms with E-state index >= 15 is 35.1 Å². The molecule has 22 heteroatoms. The molecule has 1 N–H and O–H groups in total. The molecule has 0 saturated carbocycles. The molecule has 0 aliphatic carbocycles. The summed E-state index contributed by atoms with van der Waals surface area (Å²) in [7, 11) is -4.35. The molecule has 0 radical (unpaired) electrons. The topological polar surface area (TPSA) is 91.3 Å². The molecule has 0 aliphatic rings. The lowest BCUT2D eigenvalue weighted by atomic mass is 9.73. The van der Waals surface area contributed by atoms with Crippen molar-refractivity contribution in [3.05, 3.63) is 154 Å². The third-order valence-electron chi connectivity index (χ3n) is 9.50. The highest BCUT2D eigenvalue weighted by molar-refractivity contribution is 7.86. The third-order valence-corrected chi connectivity index (χ3v) is 10.4. The maximum absolute atomic E-state index is 15.5. The van der Waals surface area contributed by atoms with Gasteiger partial charge in [-0.1, -0.05) is 36.3 Å². The van der Waals surface area contributed by atoms with E-state index in [-0.39, 0.29) is 29.2 Å². The predicted molar refractivity (Wildman–Crippen MR) is 199 cm³/mol. The molecule has 7 nitrogen and oxygen atoms in total. The Hall–Kier alpha value is -6.99. The largest absolute Gasteiger partial charge is 0.497 e. The second-order valence-corrected chi connectivity index (χ2v) is 14.8. The van der Waals surface area contributed by atoms with Crippen LogP contribution in [0.15, 0.2) is 89.8 Å². The van der Waals surface area contributed by atoms with Gasteiger partial charge in [0.2, 0.25) is 40.2 Å². The van der Waals surface area contributed by atoms with Crippen LogP contribution in [0.4, 0.5) is 61.5 Å². The molecule has 340 valence electrons. The average Bonchev–Trinajstić information content (AvgIpc) is 3.23. The number of ether oxygens (including phenoxy) is 4. The zero-order valence-electron chi connectivity index (χ0n) is 32.3. The van der Waals surface area contributed by atoms with Crippen LogP contribution >= 0.6 is 0 Å². The highest BCUT2D eigenvalue weighted by Gasteiger charge is 2.72. The second-order valence-electron chi connectivity index (χ2n) is 13.5. The van der Waals surface area contributed by atoms with Crippen molar-refractivity contribution >= 4 is 10.1 Å². The van der Waals surface area contributed by atoms with Crippen LogP contribution in [0.2, 0.25) is 0 Å². The molecule has 0 fully saturated rings.